The van der Waals surface area contributed by atoms with Crippen molar-refractivity contribution in [1.82, 2.24) is 0 Å². The summed E-state index contributed by atoms with van der Waals surface area (Å²) in [5.74, 6) is 0. The van der Waals surface area contributed by atoms with E-state index in [0.717, 1.165) is 0 Å². The molecule has 2 aromatic carbocycles. The van der Waals surface area contributed by atoms with Crippen LogP contribution < -0.4 is 0 Å². The number of aryl methyl sites for hydroxylation is 1. The van der Waals surface area contributed by atoms with Crippen LogP contribution in [0.5, 0.6) is 0 Å². The highest BCUT2D eigenvalue weighted by molar-refractivity contribution is 6.81. The van der Waals surface area contributed by atoms with Crippen LogP contribution in [-0.2, 0) is 0 Å². The molecule has 17 heavy (non-hydrogen) atoms. The second-order valence-corrected chi connectivity index (χ2v) is 10.8. The average molecular weight is 240 g/mol. The van der Waals surface area contributed by atoms with E-state index in [-0.39, 0.29) is 0 Å². The predicted molar refractivity (Wildman–Crippen MR) is 81.1 cm³/mol. The SMILES string of the molecule is Cc1ccc(/C=C/[Si](C)(C)C)c2ccccc12. The lowest BCUT2D eigenvalue weighted by atomic mass is 10.0. The van der Waals surface area contributed by atoms with Crippen LogP contribution in [0.1, 0.15) is 11.1 Å². The summed E-state index contributed by atoms with van der Waals surface area (Å²) in [5, 5.41) is 2.73. The minimum atomic E-state index is -1.12. The molecule has 0 saturated heterocycles. The van der Waals surface area contributed by atoms with Crippen LogP contribution in [-0.4, -0.2) is 8.07 Å². The number of hydrogen-bond donors (Lipinski definition) is 0. The highest BCUT2D eigenvalue weighted by atomic mass is 28.3. The standard InChI is InChI=1S/C16H20Si/c1-13-9-10-14(11-12-17(2,3)4)16-8-6-5-7-15(13)16/h5-12H,1-4H3/b12-11+. The van der Waals surface area contributed by atoms with E-state index in [1.54, 1.807) is 0 Å². The summed E-state index contributed by atoms with van der Waals surface area (Å²) >= 11 is 0. The van der Waals surface area contributed by atoms with Gasteiger partial charge in [-0.1, -0.05) is 67.8 Å². The molecule has 0 aliphatic carbocycles. The highest BCUT2D eigenvalue weighted by Crippen LogP contribution is 2.23. The molecule has 0 aliphatic heterocycles. The van der Waals surface area contributed by atoms with Crippen molar-refractivity contribution in [1.29, 1.82) is 0 Å². The maximum atomic E-state index is 2.41. The normalized spacial score (nSPS) is 12.5. The van der Waals surface area contributed by atoms with Crippen LogP contribution in [0.2, 0.25) is 19.6 Å². The van der Waals surface area contributed by atoms with Crippen LogP contribution in [0.15, 0.2) is 42.1 Å². The molecule has 0 amide bonds. The Labute approximate surface area is 105 Å². The fourth-order valence-electron chi connectivity index (χ4n) is 1.96. The smallest absolute Gasteiger partial charge is 0.0687 e. The lowest BCUT2D eigenvalue weighted by Gasteiger charge is -2.10. The Morgan fingerprint density at radius 1 is 0.882 bits per heavy atom. The first-order chi connectivity index (χ1) is 7.97. The van der Waals surface area contributed by atoms with Gasteiger partial charge in [0, 0.05) is 0 Å². The van der Waals surface area contributed by atoms with Gasteiger partial charge in [-0.25, -0.2) is 0 Å². The van der Waals surface area contributed by atoms with Crippen LogP contribution >= 0.6 is 0 Å². The Balaban J connectivity index is 2.56. The maximum Gasteiger partial charge on any atom is 0.0687 e. The van der Waals surface area contributed by atoms with Gasteiger partial charge in [0.25, 0.3) is 0 Å². The molecule has 0 heterocycles. The molecule has 0 bridgehead atoms. The largest absolute Gasteiger partial charge is 0.0944 e. The van der Waals surface area contributed by atoms with Gasteiger partial charge in [-0.05, 0) is 28.8 Å². The third-order valence-corrected chi connectivity index (χ3v) is 4.11. The van der Waals surface area contributed by atoms with Gasteiger partial charge in [0.1, 0.15) is 0 Å². The minimum absolute atomic E-state index is 1.12. The zero-order chi connectivity index (χ0) is 12.5. The third kappa shape index (κ3) is 2.86. The van der Waals surface area contributed by atoms with Crippen LogP contribution in [0.3, 0.4) is 0 Å². The van der Waals surface area contributed by atoms with Gasteiger partial charge in [0.15, 0.2) is 0 Å². The molecule has 88 valence electrons. The van der Waals surface area contributed by atoms with E-state index in [9.17, 15) is 0 Å². The van der Waals surface area contributed by atoms with Crippen molar-refractivity contribution >= 4 is 24.9 Å². The van der Waals surface area contributed by atoms with Gasteiger partial charge in [-0.3, -0.25) is 0 Å². The summed E-state index contributed by atoms with van der Waals surface area (Å²) in [5.41, 5.74) is 5.10. The summed E-state index contributed by atoms with van der Waals surface area (Å²) in [6.07, 6.45) is 2.30. The van der Waals surface area contributed by atoms with Crippen LogP contribution in [0.25, 0.3) is 16.8 Å². The average Bonchev–Trinajstić information content (AvgIpc) is 2.27. The van der Waals surface area contributed by atoms with E-state index >= 15 is 0 Å². The topological polar surface area (TPSA) is 0 Å². The van der Waals surface area contributed by atoms with E-state index in [2.05, 4.69) is 74.7 Å². The lowest BCUT2D eigenvalue weighted by Crippen LogP contribution is -2.15. The fraction of sp³-hybridized carbons (Fsp3) is 0.250. The van der Waals surface area contributed by atoms with Gasteiger partial charge in [-0.2, -0.15) is 0 Å². The molecule has 0 saturated carbocycles. The first-order valence-electron chi connectivity index (χ1n) is 6.15. The number of benzene rings is 2. The summed E-state index contributed by atoms with van der Waals surface area (Å²) in [4.78, 5) is 0. The van der Waals surface area contributed by atoms with Crippen molar-refractivity contribution in [3.8, 4) is 0 Å². The van der Waals surface area contributed by atoms with Crippen molar-refractivity contribution in [2.24, 2.45) is 0 Å². The lowest BCUT2D eigenvalue weighted by molar-refractivity contribution is 1.52. The van der Waals surface area contributed by atoms with Crippen LogP contribution in [0.4, 0.5) is 0 Å². The molecular weight excluding hydrogens is 220 g/mol. The quantitative estimate of drug-likeness (QED) is 0.645. The van der Waals surface area contributed by atoms with Gasteiger partial charge in [0.2, 0.25) is 0 Å². The number of fused-ring (bicyclic) bond motifs is 1. The zero-order valence-corrected chi connectivity index (χ0v) is 12.1. The van der Waals surface area contributed by atoms with Gasteiger partial charge in [0.05, 0.1) is 8.07 Å². The predicted octanol–water partition coefficient (Wildman–Crippen LogP) is 5.04. The monoisotopic (exact) mass is 240 g/mol. The summed E-state index contributed by atoms with van der Waals surface area (Å²) in [6.45, 7) is 9.26. The van der Waals surface area contributed by atoms with E-state index in [1.807, 2.05) is 0 Å². The second-order valence-electron chi connectivity index (χ2n) is 5.72. The molecule has 0 unspecified atom stereocenters. The molecule has 0 aromatic heterocycles. The minimum Gasteiger partial charge on any atom is -0.0944 e. The molecule has 0 spiro atoms. The molecule has 0 radical (unpaired) electrons. The Morgan fingerprint density at radius 2 is 1.53 bits per heavy atom. The molecule has 1 heteroatoms. The van der Waals surface area contributed by atoms with Crippen molar-refractivity contribution < 1.29 is 0 Å². The van der Waals surface area contributed by atoms with Crippen molar-refractivity contribution in [3.05, 3.63) is 53.2 Å². The molecule has 0 N–H and O–H groups in total. The van der Waals surface area contributed by atoms with Crippen molar-refractivity contribution in [3.63, 3.8) is 0 Å². The van der Waals surface area contributed by atoms with Crippen molar-refractivity contribution in [2.75, 3.05) is 0 Å². The Bertz CT molecular complexity index is 559. The van der Waals surface area contributed by atoms with Crippen molar-refractivity contribution in [2.45, 2.75) is 26.6 Å². The Morgan fingerprint density at radius 3 is 2.18 bits per heavy atom. The summed E-state index contributed by atoms with van der Waals surface area (Å²) < 4.78 is 0. The number of hydrogen-bond acceptors (Lipinski definition) is 0. The summed E-state index contributed by atoms with van der Waals surface area (Å²) in [6, 6.07) is 13.1. The maximum absolute atomic E-state index is 2.41. The van der Waals surface area contributed by atoms with Crippen LogP contribution in [0, 0.1) is 6.92 Å². The number of rotatable bonds is 2. The molecule has 2 aromatic rings. The first-order valence-corrected chi connectivity index (χ1v) is 9.73. The van der Waals surface area contributed by atoms with E-state index < -0.39 is 8.07 Å². The summed E-state index contributed by atoms with van der Waals surface area (Å²) in [7, 11) is -1.12. The molecule has 0 nitrogen and oxygen atoms in total. The molecule has 0 atom stereocenters. The third-order valence-electron chi connectivity index (χ3n) is 2.94. The highest BCUT2D eigenvalue weighted by Gasteiger charge is 2.07. The van der Waals surface area contributed by atoms with E-state index in [0.29, 0.717) is 0 Å². The van der Waals surface area contributed by atoms with E-state index in [4.69, 9.17) is 0 Å². The Hall–Kier alpha value is -1.34. The molecular formula is C16H20Si. The molecule has 0 fully saturated rings. The second kappa shape index (κ2) is 4.50. The first kappa shape index (κ1) is 12.1. The van der Waals surface area contributed by atoms with Gasteiger partial charge < -0.3 is 0 Å². The van der Waals surface area contributed by atoms with Gasteiger partial charge in [-0.15, -0.1) is 0 Å². The van der Waals surface area contributed by atoms with E-state index in [1.165, 1.54) is 21.9 Å². The zero-order valence-electron chi connectivity index (χ0n) is 11.1. The van der Waals surface area contributed by atoms with Gasteiger partial charge >= 0.3 is 0 Å². The fourth-order valence-corrected chi connectivity index (χ4v) is 2.64. The molecule has 0 aliphatic rings. The molecule has 2 rings (SSSR count). The Kier molecular flexibility index (Phi) is 3.21.